The molecule has 2 aliphatic rings. The fraction of sp³-hybridized carbons (Fsp3) is 0.684. The lowest BCUT2D eigenvalue weighted by atomic mass is 10.1. The molecule has 5 heteroatoms. The summed E-state index contributed by atoms with van der Waals surface area (Å²) >= 11 is 0. The SMILES string of the molecule is OC1CN(Cc2cccc(OC[C@H](O)CN3CCCCCC3)c2)C1. The summed E-state index contributed by atoms with van der Waals surface area (Å²) in [7, 11) is 0. The Bertz CT molecular complexity index is 497. The van der Waals surface area contributed by atoms with Crippen molar-refractivity contribution in [1.82, 2.24) is 9.80 Å². The van der Waals surface area contributed by atoms with Crippen molar-refractivity contribution in [2.45, 2.75) is 44.4 Å². The number of aliphatic hydroxyl groups excluding tert-OH is 2. The first-order valence-corrected chi connectivity index (χ1v) is 9.21. The smallest absolute Gasteiger partial charge is 0.119 e. The van der Waals surface area contributed by atoms with E-state index in [4.69, 9.17) is 4.74 Å². The lowest BCUT2D eigenvalue weighted by Crippen LogP contribution is -2.49. The van der Waals surface area contributed by atoms with E-state index in [1.807, 2.05) is 18.2 Å². The molecule has 2 aliphatic heterocycles. The Labute approximate surface area is 144 Å². The Balaban J connectivity index is 1.42. The molecule has 0 aromatic heterocycles. The van der Waals surface area contributed by atoms with Gasteiger partial charge < -0.3 is 19.8 Å². The van der Waals surface area contributed by atoms with Crippen LogP contribution in [0.25, 0.3) is 0 Å². The van der Waals surface area contributed by atoms with Crippen molar-refractivity contribution < 1.29 is 14.9 Å². The van der Waals surface area contributed by atoms with E-state index in [-0.39, 0.29) is 6.10 Å². The third-order valence-electron chi connectivity index (χ3n) is 4.85. The molecule has 2 saturated heterocycles. The minimum atomic E-state index is -0.447. The van der Waals surface area contributed by atoms with Gasteiger partial charge in [-0.3, -0.25) is 4.90 Å². The highest BCUT2D eigenvalue weighted by molar-refractivity contribution is 5.28. The minimum Gasteiger partial charge on any atom is -0.491 e. The molecule has 3 rings (SSSR count). The number of aliphatic hydroxyl groups is 2. The summed E-state index contributed by atoms with van der Waals surface area (Å²) in [6.07, 6.45) is 4.48. The van der Waals surface area contributed by atoms with Crippen LogP contribution in [0.4, 0.5) is 0 Å². The maximum atomic E-state index is 10.2. The Morgan fingerprint density at radius 2 is 1.83 bits per heavy atom. The van der Waals surface area contributed by atoms with Crippen LogP contribution >= 0.6 is 0 Å². The second-order valence-corrected chi connectivity index (χ2v) is 7.17. The average Bonchev–Trinajstić information content (AvgIpc) is 2.81. The lowest BCUT2D eigenvalue weighted by molar-refractivity contribution is -0.00291. The van der Waals surface area contributed by atoms with Crippen molar-refractivity contribution in [3.05, 3.63) is 29.8 Å². The van der Waals surface area contributed by atoms with E-state index in [1.54, 1.807) is 0 Å². The van der Waals surface area contributed by atoms with E-state index in [9.17, 15) is 10.2 Å². The molecule has 5 nitrogen and oxygen atoms in total. The topological polar surface area (TPSA) is 56.2 Å². The zero-order valence-corrected chi connectivity index (χ0v) is 14.4. The standard InChI is InChI=1S/C19H30N2O3/c22-17-12-21(13-17)11-16-6-5-7-19(10-16)24-15-18(23)14-20-8-3-1-2-4-9-20/h5-7,10,17-18,22-23H,1-4,8-9,11-15H2/t18-/m1/s1. The summed E-state index contributed by atoms with van der Waals surface area (Å²) in [5, 5.41) is 19.6. The van der Waals surface area contributed by atoms with E-state index >= 15 is 0 Å². The van der Waals surface area contributed by atoms with Crippen LogP contribution in [0, 0.1) is 0 Å². The summed E-state index contributed by atoms with van der Waals surface area (Å²) in [5.74, 6) is 0.809. The van der Waals surface area contributed by atoms with Crippen LogP contribution in [0.5, 0.6) is 5.75 Å². The molecule has 134 valence electrons. The summed E-state index contributed by atoms with van der Waals surface area (Å²) < 4.78 is 5.79. The Morgan fingerprint density at radius 1 is 1.08 bits per heavy atom. The van der Waals surface area contributed by atoms with Crippen LogP contribution in [0.3, 0.4) is 0 Å². The number of ether oxygens (including phenoxy) is 1. The lowest BCUT2D eigenvalue weighted by Gasteiger charge is -2.35. The average molecular weight is 334 g/mol. The zero-order chi connectivity index (χ0) is 16.8. The number of benzene rings is 1. The molecule has 0 bridgehead atoms. The monoisotopic (exact) mass is 334 g/mol. The number of nitrogens with zero attached hydrogens (tertiary/aromatic N) is 2. The van der Waals surface area contributed by atoms with Crippen molar-refractivity contribution in [1.29, 1.82) is 0 Å². The predicted molar refractivity (Wildman–Crippen MR) is 94.1 cm³/mol. The quantitative estimate of drug-likeness (QED) is 0.791. The molecule has 1 atom stereocenters. The molecule has 0 saturated carbocycles. The number of hydrogen-bond acceptors (Lipinski definition) is 5. The maximum Gasteiger partial charge on any atom is 0.119 e. The summed E-state index contributed by atoms with van der Waals surface area (Å²) in [5.41, 5.74) is 1.18. The first-order valence-electron chi connectivity index (χ1n) is 9.21. The first kappa shape index (κ1) is 17.7. The molecule has 24 heavy (non-hydrogen) atoms. The molecule has 2 N–H and O–H groups in total. The maximum absolute atomic E-state index is 10.2. The van der Waals surface area contributed by atoms with E-state index in [1.165, 1.54) is 31.2 Å². The minimum absolute atomic E-state index is 0.168. The van der Waals surface area contributed by atoms with Gasteiger partial charge in [0.05, 0.1) is 6.10 Å². The highest BCUT2D eigenvalue weighted by Gasteiger charge is 2.24. The van der Waals surface area contributed by atoms with Crippen molar-refractivity contribution in [3.8, 4) is 5.75 Å². The highest BCUT2D eigenvalue weighted by atomic mass is 16.5. The second kappa shape index (κ2) is 8.81. The molecule has 1 aromatic carbocycles. The van der Waals surface area contributed by atoms with Crippen molar-refractivity contribution in [2.24, 2.45) is 0 Å². The largest absolute Gasteiger partial charge is 0.491 e. The molecule has 0 aliphatic carbocycles. The van der Waals surface area contributed by atoms with Gasteiger partial charge in [0.15, 0.2) is 0 Å². The highest BCUT2D eigenvalue weighted by Crippen LogP contribution is 2.18. The molecule has 2 heterocycles. The van der Waals surface area contributed by atoms with E-state index in [0.717, 1.165) is 38.5 Å². The fourth-order valence-electron chi connectivity index (χ4n) is 3.53. The van der Waals surface area contributed by atoms with Gasteiger partial charge in [0, 0.05) is 26.2 Å². The molecule has 0 unspecified atom stereocenters. The van der Waals surface area contributed by atoms with Gasteiger partial charge in [-0.15, -0.1) is 0 Å². The Kier molecular flexibility index (Phi) is 6.49. The zero-order valence-electron chi connectivity index (χ0n) is 14.4. The molecule has 0 amide bonds. The summed E-state index contributed by atoms with van der Waals surface area (Å²) in [6, 6.07) is 8.03. The molecular weight excluding hydrogens is 304 g/mol. The number of β-amino-alcohol motifs (C(OH)–C–C–N with tert-alkyl or cyclic N) is 2. The van der Waals surface area contributed by atoms with E-state index in [2.05, 4.69) is 15.9 Å². The van der Waals surface area contributed by atoms with Crippen LogP contribution in [0.1, 0.15) is 31.2 Å². The fourth-order valence-corrected chi connectivity index (χ4v) is 3.53. The predicted octanol–water partition coefficient (Wildman–Crippen LogP) is 1.48. The first-order chi connectivity index (χ1) is 11.7. The van der Waals surface area contributed by atoms with Crippen molar-refractivity contribution >= 4 is 0 Å². The van der Waals surface area contributed by atoms with Crippen LogP contribution in [0.15, 0.2) is 24.3 Å². The Hall–Kier alpha value is -1.14. The molecule has 2 fully saturated rings. The van der Waals surface area contributed by atoms with Crippen LogP contribution in [-0.2, 0) is 6.54 Å². The number of hydrogen-bond donors (Lipinski definition) is 2. The van der Waals surface area contributed by atoms with Gasteiger partial charge >= 0.3 is 0 Å². The van der Waals surface area contributed by atoms with Gasteiger partial charge in [-0.05, 0) is 43.6 Å². The summed E-state index contributed by atoms with van der Waals surface area (Å²) in [4.78, 5) is 4.56. The number of rotatable bonds is 7. The van der Waals surface area contributed by atoms with Gasteiger partial charge in [-0.1, -0.05) is 25.0 Å². The molecular formula is C19H30N2O3. The third-order valence-corrected chi connectivity index (χ3v) is 4.85. The Morgan fingerprint density at radius 3 is 2.54 bits per heavy atom. The normalized spacial score (nSPS) is 21.9. The van der Waals surface area contributed by atoms with Crippen molar-refractivity contribution in [2.75, 3.05) is 39.3 Å². The molecule has 0 spiro atoms. The molecule has 0 radical (unpaired) electrons. The van der Waals surface area contributed by atoms with Gasteiger partial charge in [0.2, 0.25) is 0 Å². The second-order valence-electron chi connectivity index (χ2n) is 7.17. The molecule has 1 aromatic rings. The van der Waals surface area contributed by atoms with Gasteiger partial charge in [-0.2, -0.15) is 0 Å². The van der Waals surface area contributed by atoms with Gasteiger partial charge in [0.25, 0.3) is 0 Å². The number of likely N-dealkylation sites (tertiary alicyclic amines) is 2. The van der Waals surface area contributed by atoms with Crippen LogP contribution < -0.4 is 4.74 Å². The van der Waals surface area contributed by atoms with Gasteiger partial charge in [0.1, 0.15) is 18.5 Å². The van der Waals surface area contributed by atoms with Crippen LogP contribution in [0.2, 0.25) is 0 Å². The van der Waals surface area contributed by atoms with Crippen molar-refractivity contribution in [3.63, 3.8) is 0 Å². The van der Waals surface area contributed by atoms with Gasteiger partial charge in [-0.25, -0.2) is 0 Å². The third kappa shape index (κ3) is 5.45. The van der Waals surface area contributed by atoms with Crippen LogP contribution in [-0.4, -0.2) is 71.6 Å². The summed E-state index contributed by atoms with van der Waals surface area (Å²) in [6.45, 7) is 5.56. The van der Waals surface area contributed by atoms with E-state index < -0.39 is 6.10 Å². The van der Waals surface area contributed by atoms with E-state index in [0.29, 0.717) is 13.2 Å².